The van der Waals surface area contributed by atoms with E-state index in [0.29, 0.717) is 11.9 Å². The fourth-order valence-electron chi connectivity index (χ4n) is 2.34. The zero-order chi connectivity index (χ0) is 11.5. The average Bonchev–Trinajstić information content (AvgIpc) is 2.41. The van der Waals surface area contributed by atoms with Gasteiger partial charge in [-0.2, -0.15) is 0 Å². The fraction of sp³-hybridized carbons (Fsp3) is 0.667. The molecular formula is C12H20N4. The smallest absolute Gasteiger partial charge is 0.134 e. The summed E-state index contributed by atoms with van der Waals surface area (Å²) >= 11 is 0. The van der Waals surface area contributed by atoms with Gasteiger partial charge < -0.3 is 10.6 Å². The van der Waals surface area contributed by atoms with Gasteiger partial charge in [-0.05, 0) is 26.7 Å². The van der Waals surface area contributed by atoms with Gasteiger partial charge in [0.05, 0.1) is 0 Å². The van der Waals surface area contributed by atoms with Crippen molar-refractivity contribution in [1.29, 1.82) is 0 Å². The molecule has 0 saturated carbocycles. The Hall–Kier alpha value is -1.32. The van der Waals surface area contributed by atoms with Crippen LogP contribution in [0.15, 0.2) is 6.07 Å². The van der Waals surface area contributed by atoms with Gasteiger partial charge >= 0.3 is 0 Å². The minimum Gasteiger partial charge on any atom is -0.384 e. The van der Waals surface area contributed by atoms with Crippen LogP contribution in [0.25, 0.3) is 0 Å². The van der Waals surface area contributed by atoms with Crippen molar-refractivity contribution >= 4 is 11.6 Å². The van der Waals surface area contributed by atoms with Gasteiger partial charge in [-0.1, -0.05) is 12.8 Å². The van der Waals surface area contributed by atoms with Crippen molar-refractivity contribution in [1.82, 2.24) is 9.97 Å². The number of aryl methyl sites for hydroxylation is 1. The molecule has 1 aromatic rings. The molecule has 2 heterocycles. The van der Waals surface area contributed by atoms with Crippen LogP contribution in [0.4, 0.5) is 11.6 Å². The van der Waals surface area contributed by atoms with Crippen molar-refractivity contribution in [2.75, 3.05) is 17.2 Å². The Kier molecular flexibility index (Phi) is 3.27. The minimum absolute atomic E-state index is 0.552. The molecule has 1 aromatic heterocycles. The molecule has 4 heteroatoms. The first-order valence-corrected chi connectivity index (χ1v) is 6.04. The van der Waals surface area contributed by atoms with Crippen molar-refractivity contribution in [2.45, 2.75) is 45.6 Å². The second-order valence-electron chi connectivity index (χ2n) is 4.59. The van der Waals surface area contributed by atoms with Gasteiger partial charge in [-0.15, -0.1) is 0 Å². The SMILES string of the molecule is Cc1nc(N)cc(N2CCCCCC2C)n1. The van der Waals surface area contributed by atoms with Crippen LogP contribution in [0.3, 0.4) is 0 Å². The van der Waals surface area contributed by atoms with Crippen LogP contribution >= 0.6 is 0 Å². The van der Waals surface area contributed by atoms with E-state index in [0.717, 1.165) is 18.2 Å². The molecule has 0 amide bonds. The number of nitrogens with zero attached hydrogens (tertiary/aromatic N) is 3. The predicted octanol–water partition coefficient (Wildman–Crippen LogP) is 2.14. The normalized spacial score (nSPS) is 21.9. The molecule has 2 N–H and O–H groups in total. The van der Waals surface area contributed by atoms with Crippen molar-refractivity contribution in [2.24, 2.45) is 0 Å². The van der Waals surface area contributed by atoms with Crippen LogP contribution in [0.1, 0.15) is 38.4 Å². The molecule has 1 aliphatic heterocycles. The van der Waals surface area contributed by atoms with E-state index in [1.165, 1.54) is 25.7 Å². The number of rotatable bonds is 1. The van der Waals surface area contributed by atoms with Gasteiger partial charge in [-0.3, -0.25) is 0 Å². The van der Waals surface area contributed by atoms with Crippen LogP contribution in [-0.4, -0.2) is 22.6 Å². The van der Waals surface area contributed by atoms with E-state index < -0.39 is 0 Å². The number of nitrogens with two attached hydrogens (primary N) is 1. The molecule has 0 aliphatic carbocycles. The summed E-state index contributed by atoms with van der Waals surface area (Å²) in [5.74, 6) is 2.31. The number of anilines is 2. The Balaban J connectivity index is 2.26. The minimum atomic E-state index is 0.552. The molecule has 1 aliphatic rings. The molecule has 4 nitrogen and oxygen atoms in total. The van der Waals surface area contributed by atoms with Gasteiger partial charge in [0.2, 0.25) is 0 Å². The first-order valence-electron chi connectivity index (χ1n) is 6.04. The highest BCUT2D eigenvalue weighted by atomic mass is 15.2. The Labute approximate surface area is 96.9 Å². The maximum atomic E-state index is 5.77. The van der Waals surface area contributed by atoms with E-state index in [1.807, 2.05) is 13.0 Å². The molecule has 88 valence electrons. The highest BCUT2D eigenvalue weighted by Crippen LogP contribution is 2.23. The van der Waals surface area contributed by atoms with E-state index >= 15 is 0 Å². The van der Waals surface area contributed by atoms with Gasteiger partial charge in [0.1, 0.15) is 17.5 Å². The van der Waals surface area contributed by atoms with E-state index in [4.69, 9.17) is 5.73 Å². The standard InChI is InChI=1S/C12H20N4/c1-9-6-4-3-5-7-16(9)12-8-11(13)14-10(2)15-12/h8-9H,3-7H2,1-2H3,(H2,13,14,15). The zero-order valence-corrected chi connectivity index (χ0v) is 10.1. The van der Waals surface area contributed by atoms with E-state index in [2.05, 4.69) is 21.8 Å². The Bertz CT molecular complexity index is 344. The van der Waals surface area contributed by atoms with Crippen LogP contribution in [0, 0.1) is 6.92 Å². The highest BCUT2D eigenvalue weighted by Gasteiger charge is 2.18. The molecule has 2 rings (SSSR count). The quantitative estimate of drug-likeness (QED) is 0.787. The second-order valence-corrected chi connectivity index (χ2v) is 4.59. The summed E-state index contributed by atoms with van der Waals surface area (Å²) in [5.41, 5.74) is 5.77. The van der Waals surface area contributed by atoms with Crippen LogP contribution < -0.4 is 10.6 Å². The Morgan fingerprint density at radius 2 is 2.12 bits per heavy atom. The Morgan fingerprint density at radius 1 is 1.31 bits per heavy atom. The van der Waals surface area contributed by atoms with Gasteiger partial charge in [-0.25, -0.2) is 9.97 Å². The number of hydrogen-bond donors (Lipinski definition) is 1. The summed E-state index contributed by atoms with van der Waals surface area (Å²) in [6, 6.07) is 2.44. The summed E-state index contributed by atoms with van der Waals surface area (Å²) in [4.78, 5) is 11.0. The fourth-order valence-corrected chi connectivity index (χ4v) is 2.34. The third-order valence-corrected chi connectivity index (χ3v) is 3.19. The van der Waals surface area contributed by atoms with Gasteiger partial charge in [0.15, 0.2) is 0 Å². The van der Waals surface area contributed by atoms with Crippen molar-refractivity contribution in [3.05, 3.63) is 11.9 Å². The number of aromatic nitrogens is 2. The maximum absolute atomic E-state index is 5.77. The lowest BCUT2D eigenvalue weighted by atomic mass is 10.1. The molecule has 1 fully saturated rings. The number of hydrogen-bond acceptors (Lipinski definition) is 4. The molecule has 1 saturated heterocycles. The van der Waals surface area contributed by atoms with Crippen LogP contribution in [0.5, 0.6) is 0 Å². The molecule has 0 spiro atoms. The summed E-state index contributed by atoms with van der Waals surface area (Å²) in [5, 5.41) is 0. The summed E-state index contributed by atoms with van der Waals surface area (Å²) in [6.07, 6.45) is 5.12. The monoisotopic (exact) mass is 220 g/mol. The summed E-state index contributed by atoms with van der Waals surface area (Å²) < 4.78 is 0. The molecule has 1 unspecified atom stereocenters. The lowest BCUT2D eigenvalue weighted by molar-refractivity contribution is 0.610. The first kappa shape index (κ1) is 11.2. The van der Waals surface area contributed by atoms with Crippen LogP contribution in [-0.2, 0) is 0 Å². The zero-order valence-electron chi connectivity index (χ0n) is 10.1. The number of nitrogen functional groups attached to an aromatic ring is 1. The van der Waals surface area contributed by atoms with Gasteiger partial charge in [0, 0.05) is 18.7 Å². The molecular weight excluding hydrogens is 200 g/mol. The van der Waals surface area contributed by atoms with Crippen molar-refractivity contribution in [3.8, 4) is 0 Å². The predicted molar refractivity (Wildman–Crippen MR) is 66.5 cm³/mol. The maximum Gasteiger partial charge on any atom is 0.134 e. The molecule has 16 heavy (non-hydrogen) atoms. The highest BCUT2D eigenvalue weighted by molar-refractivity contribution is 5.47. The summed E-state index contributed by atoms with van der Waals surface area (Å²) in [6.45, 7) is 5.23. The third-order valence-electron chi connectivity index (χ3n) is 3.19. The third kappa shape index (κ3) is 2.43. The van der Waals surface area contributed by atoms with Crippen molar-refractivity contribution < 1.29 is 0 Å². The lowest BCUT2D eigenvalue weighted by Crippen LogP contribution is -2.33. The Morgan fingerprint density at radius 3 is 2.88 bits per heavy atom. The largest absolute Gasteiger partial charge is 0.384 e. The molecule has 1 atom stereocenters. The van der Waals surface area contributed by atoms with Crippen molar-refractivity contribution in [3.63, 3.8) is 0 Å². The molecule has 0 aromatic carbocycles. The van der Waals surface area contributed by atoms with E-state index in [9.17, 15) is 0 Å². The van der Waals surface area contributed by atoms with Gasteiger partial charge in [0.25, 0.3) is 0 Å². The topological polar surface area (TPSA) is 55.0 Å². The average molecular weight is 220 g/mol. The summed E-state index contributed by atoms with van der Waals surface area (Å²) in [7, 11) is 0. The van der Waals surface area contributed by atoms with E-state index in [-0.39, 0.29) is 0 Å². The molecule has 0 radical (unpaired) electrons. The second kappa shape index (κ2) is 4.68. The van der Waals surface area contributed by atoms with Crippen LogP contribution in [0.2, 0.25) is 0 Å². The first-order chi connectivity index (χ1) is 7.66. The lowest BCUT2D eigenvalue weighted by Gasteiger charge is -2.28. The molecule has 0 bridgehead atoms. The van der Waals surface area contributed by atoms with E-state index in [1.54, 1.807) is 0 Å².